The average molecular weight is 330 g/mol. The van der Waals surface area contributed by atoms with Crippen LogP contribution in [0.25, 0.3) is 0 Å². The SMILES string of the molecule is COC(=O)c1scc(C)c1NS(=O)(=O)c1c(N)ncn1C. The fraction of sp³-hybridized carbons (Fsp3) is 0.273. The molecule has 0 atom stereocenters. The summed E-state index contributed by atoms with van der Waals surface area (Å²) in [5.41, 5.74) is 6.38. The number of carbonyl (C=O) groups is 1. The quantitative estimate of drug-likeness (QED) is 0.807. The van der Waals surface area contributed by atoms with Crippen LogP contribution in [-0.2, 0) is 21.8 Å². The van der Waals surface area contributed by atoms with Crippen molar-refractivity contribution in [1.82, 2.24) is 9.55 Å². The lowest BCUT2D eigenvalue weighted by Gasteiger charge is -2.10. The Hall–Kier alpha value is -2.07. The van der Waals surface area contributed by atoms with E-state index in [0.29, 0.717) is 5.56 Å². The van der Waals surface area contributed by atoms with Crippen LogP contribution < -0.4 is 10.5 Å². The van der Waals surface area contributed by atoms with Gasteiger partial charge < -0.3 is 15.0 Å². The lowest BCUT2D eigenvalue weighted by atomic mass is 10.3. The van der Waals surface area contributed by atoms with Crippen molar-refractivity contribution in [3.05, 3.63) is 22.1 Å². The van der Waals surface area contributed by atoms with Gasteiger partial charge in [-0.15, -0.1) is 11.3 Å². The van der Waals surface area contributed by atoms with Crippen LogP contribution in [0.1, 0.15) is 15.2 Å². The molecular formula is C11H14N4O4S2. The Labute approximate surface area is 125 Å². The summed E-state index contributed by atoms with van der Waals surface area (Å²) >= 11 is 1.10. The van der Waals surface area contributed by atoms with E-state index in [0.717, 1.165) is 11.3 Å². The molecule has 2 aromatic rings. The van der Waals surface area contributed by atoms with Crippen LogP contribution in [0.2, 0.25) is 0 Å². The molecule has 0 aliphatic heterocycles. The normalized spacial score (nSPS) is 11.4. The number of esters is 1. The molecule has 2 rings (SSSR count). The van der Waals surface area contributed by atoms with Crippen molar-refractivity contribution in [2.45, 2.75) is 11.9 Å². The van der Waals surface area contributed by atoms with Gasteiger partial charge in [0.25, 0.3) is 10.0 Å². The number of ether oxygens (including phenoxy) is 1. The molecule has 114 valence electrons. The minimum Gasteiger partial charge on any atom is -0.465 e. The molecular weight excluding hydrogens is 316 g/mol. The third-order valence-corrected chi connectivity index (χ3v) is 5.30. The number of methoxy groups -OCH3 is 1. The summed E-state index contributed by atoms with van der Waals surface area (Å²) in [6.45, 7) is 1.69. The van der Waals surface area contributed by atoms with Crippen LogP contribution in [-0.4, -0.2) is 31.0 Å². The van der Waals surface area contributed by atoms with Crippen molar-refractivity contribution >= 4 is 38.8 Å². The molecule has 8 nitrogen and oxygen atoms in total. The Morgan fingerprint density at radius 3 is 2.71 bits per heavy atom. The summed E-state index contributed by atoms with van der Waals surface area (Å²) in [4.78, 5) is 15.6. The van der Waals surface area contributed by atoms with E-state index in [2.05, 4.69) is 14.4 Å². The Morgan fingerprint density at radius 2 is 2.19 bits per heavy atom. The first-order valence-corrected chi connectivity index (χ1v) is 8.10. The van der Waals surface area contributed by atoms with E-state index in [1.165, 1.54) is 25.1 Å². The summed E-state index contributed by atoms with van der Waals surface area (Å²) < 4.78 is 33.1. The summed E-state index contributed by atoms with van der Waals surface area (Å²) in [6.07, 6.45) is 1.30. The Bertz CT molecular complexity index is 772. The number of anilines is 2. The monoisotopic (exact) mass is 330 g/mol. The summed E-state index contributed by atoms with van der Waals surface area (Å²) in [5.74, 6) is -0.721. The second-order valence-electron chi connectivity index (χ2n) is 4.27. The molecule has 0 radical (unpaired) electrons. The fourth-order valence-electron chi connectivity index (χ4n) is 1.76. The van der Waals surface area contributed by atoms with Crippen molar-refractivity contribution in [1.29, 1.82) is 0 Å². The van der Waals surface area contributed by atoms with Crippen LogP contribution in [0, 0.1) is 6.92 Å². The van der Waals surface area contributed by atoms with E-state index in [1.807, 2.05) is 0 Å². The van der Waals surface area contributed by atoms with Crippen LogP contribution in [0.4, 0.5) is 11.5 Å². The molecule has 3 N–H and O–H groups in total. The zero-order valence-electron chi connectivity index (χ0n) is 11.6. The lowest BCUT2D eigenvalue weighted by Crippen LogP contribution is -2.19. The minimum absolute atomic E-state index is 0.113. The molecule has 0 aliphatic carbocycles. The number of sulfonamides is 1. The van der Waals surface area contributed by atoms with Crippen molar-refractivity contribution in [3.8, 4) is 0 Å². The molecule has 0 aromatic carbocycles. The maximum Gasteiger partial charge on any atom is 0.350 e. The third kappa shape index (κ3) is 2.72. The lowest BCUT2D eigenvalue weighted by molar-refractivity contribution is 0.0607. The zero-order chi connectivity index (χ0) is 15.8. The maximum atomic E-state index is 12.4. The van der Waals surface area contributed by atoms with Gasteiger partial charge in [-0.25, -0.2) is 9.78 Å². The summed E-state index contributed by atoms with van der Waals surface area (Å²) in [6, 6.07) is 0. The number of nitrogens with two attached hydrogens (primary N) is 1. The summed E-state index contributed by atoms with van der Waals surface area (Å²) in [5, 5.41) is 1.50. The average Bonchev–Trinajstić information content (AvgIpc) is 2.93. The molecule has 10 heteroatoms. The number of aryl methyl sites for hydroxylation is 2. The number of aromatic nitrogens is 2. The molecule has 21 heavy (non-hydrogen) atoms. The van der Waals surface area contributed by atoms with Crippen LogP contribution in [0.3, 0.4) is 0 Å². The van der Waals surface area contributed by atoms with E-state index in [9.17, 15) is 13.2 Å². The molecule has 0 amide bonds. The highest BCUT2D eigenvalue weighted by atomic mass is 32.2. The van der Waals surface area contributed by atoms with E-state index in [4.69, 9.17) is 5.73 Å². The van der Waals surface area contributed by atoms with Gasteiger partial charge in [0, 0.05) is 7.05 Å². The first kappa shape index (κ1) is 15.3. The van der Waals surface area contributed by atoms with Crippen LogP contribution >= 0.6 is 11.3 Å². The highest BCUT2D eigenvalue weighted by Gasteiger charge is 2.26. The predicted octanol–water partition coefficient (Wildman–Crippen LogP) is 0.960. The third-order valence-electron chi connectivity index (χ3n) is 2.75. The summed E-state index contributed by atoms with van der Waals surface area (Å²) in [7, 11) is -1.22. The van der Waals surface area contributed by atoms with Gasteiger partial charge in [-0.2, -0.15) is 8.42 Å². The highest BCUT2D eigenvalue weighted by Crippen LogP contribution is 2.31. The Morgan fingerprint density at radius 1 is 1.52 bits per heavy atom. The molecule has 2 heterocycles. The maximum absolute atomic E-state index is 12.4. The minimum atomic E-state index is -3.96. The number of imidazole rings is 1. The van der Waals surface area contributed by atoms with Gasteiger partial charge >= 0.3 is 5.97 Å². The van der Waals surface area contributed by atoms with E-state index in [1.54, 1.807) is 12.3 Å². The first-order valence-electron chi connectivity index (χ1n) is 5.74. The molecule has 0 saturated carbocycles. The van der Waals surface area contributed by atoms with Gasteiger partial charge in [-0.1, -0.05) is 0 Å². The standard InChI is InChI=1S/C11H14N4O4S2/c1-6-4-20-8(11(16)19-3)7(6)14-21(17,18)10-9(12)13-5-15(10)2/h4-5,14H,12H2,1-3H3. The van der Waals surface area contributed by atoms with E-state index in [-0.39, 0.29) is 21.4 Å². The number of thiophene rings is 1. The van der Waals surface area contributed by atoms with Gasteiger partial charge in [-0.3, -0.25) is 4.72 Å². The fourth-order valence-corrected chi connectivity index (χ4v) is 4.13. The molecule has 2 aromatic heterocycles. The van der Waals surface area contributed by atoms with Gasteiger partial charge in [-0.05, 0) is 17.9 Å². The highest BCUT2D eigenvalue weighted by molar-refractivity contribution is 7.92. The second kappa shape index (κ2) is 5.37. The number of nitrogens with one attached hydrogen (secondary N) is 1. The number of rotatable bonds is 4. The predicted molar refractivity (Wildman–Crippen MR) is 78.8 cm³/mol. The van der Waals surface area contributed by atoms with Gasteiger partial charge in [0.05, 0.1) is 19.1 Å². The van der Waals surface area contributed by atoms with Gasteiger partial charge in [0.2, 0.25) is 0 Å². The van der Waals surface area contributed by atoms with Crippen LogP contribution in [0.15, 0.2) is 16.7 Å². The molecule has 0 fully saturated rings. The number of nitrogens with zero attached hydrogens (tertiary/aromatic N) is 2. The van der Waals surface area contributed by atoms with Gasteiger partial charge in [0.1, 0.15) is 4.88 Å². The molecule has 0 unspecified atom stereocenters. The van der Waals surface area contributed by atoms with Crippen molar-refractivity contribution in [3.63, 3.8) is 0 Å². The molecule has 0 aliphatic rings. The zero-order valence-corrected chi connectivity index (χ0v) is 13.2. The smallest absolute Gasteiger partial charge is 0.350 e. The van der Waals surface area contributed by atoms with Crippen molar-refractivity contribution in [2.75, 3.05) is 17.6 Å². The Kier molecular flexibility index (Phi) is 3.92. The number of carbonyl (C=O) groups excluding carboxylic acids is 1. The number of hydrogen-bond acceptors (Lipinski definition) is 7. The molecule has 0 spiro atoms. The first-order chi connectivity index (χ1) is 9.77. The van der Waals surface area contributed by atoms with Crippen molar-refractivity contribution < 1.29 is 17.9 Å². The molecule has 0 bridgehead atoms. The molecule has 0 saturated heterocycles. The number of nitrogen functional groups attached to an aromatic ring is 1. The van der Waals surface area contributed by atoms with E-state index >= 15 is 0 Å². The Balaban J connectivity index is 2.47. The van der Waals surface area contributed by atoms with Crippen molar-refractivity contribution in [2.24, 2.45) is 7.05 Å². The largest absolute Gasteiger partial charge is 0.465 e. The topological polar surface area (TPSA) is 116 Å². The number of hydrogen-bond donors (Lipinski definition) is 2. The second-order valence-corrected chi connectivity index (χ2v) is 6.74. The van der Waals surface area contributed by atoms with E-state index < -0.39 is 16.0 Å². The van der Waals surface area contributed by atoms with Crippen LogP contribution in [0.5, 0.6) is 0 Å². The van der Waals surface area contributed by atoms with Gasteiger partial charge in [0.15, 0.2) is 10.8 Å².